The highest BCUT2D eigenvalue weighted by Crippen LogP contribution is 2.18. The summed E-state index contributed by atoms with van der Waals surface area (Å²) in [6, 6.07) is 2.26. The minimum atomic E-state index is -0.00769. The molecule has 1 amide bonds. The van der Waals surface area contributed by atoms with Crippen molar-refractivity contribution in [3.05, 3.63) is 12.3 Å². The zero-order chi connectivity index (χ0) is 13.8. The highest BCUT2D eigenvalue weighted by Gasteiger charge is 2.20. The summed E-state index contributed by atoms with van der Waals surface area (Å²) in [6.45, 7) is 2.76. The van der Waals surface area contributed by atoms with E-state index in [9.17, 15) is 4.79 Å². The highest BCUT2D eigenvalue weighted by molar-refractivity contribution is 5.90. The van der Waals surface area contributed by atoms with Gasteiger partial charge in [-0.25, -0.2) is 0 Å². The van der Waals surface area contributed by atoms with Crippen molar-refractivity contribution in [2.24, 2.45) is 0 Å². The van der Waals surface area contributed by atoms with Crippen LogP contribution in [0.2, 0.25) is 0 Å². The van der Waals surface area contributed by atoms with Gasteiger partial charge in [0.15, 0.2) is 5.82 Å². The largest absolute Gasteiger partial charge is 0.378 e. The van der Waals surface area contributed by atoms with E-state index in [1.165, 1.54) is 0 Å². The summed E-state index contributed by atoms with van der Waals surface area (Å²) in [5, 5.41) is 10.6. The van der Waals surface area contributed by atoms with E-state index in [0.29, 0.717) is 18.3 Å². The fourth-order valence-corrected chi connectivity index (χ4v) is 2.84. The molecule has 0 spiro atoms. The molecule has 3 rings (SSSR count). The standard InChI is InChI=1S/C14H22N4O2/c19-14(9-12-3-1-2-8-20-12)16-13-5-7-18(17-13)11-4-6-15-10-11/h5,7,11-12,15H,1-4,6,8-10H2,(H,16,17,19). The molecule has 0 aromatic carbocycles. The average molecular weight is 278 g/mol. The van der Waals surface area contributed by atoms with E-state index in [2.05, 4.69) is 15.7 Å². The minimum Gasteiger partial charge on any atom is -0.378 e. The lowest BCUT2D eigenvalue weighted by atomic mass is 10.1. The van der Waals surface area contributed by atoms with Crippen LogP contribution in [0, 0.1) is 0 Å². The average Bonchev–Trinajstić information content (AvgIpc) is 3.10. The smallest absolute Gasteiger partial charge is 0.228 e. The lowest BCUT2D eigenvalue weighted by Crippen LogP contribution is -2.25. The Morgan fingerprint density at radius 3 is 3.20 bits per heavy atom. The molecule has 20 heavy (non-hydrogen) atoms. The Morgan fingerprint density at radius 2 is 2.45 bits per heavy atom. The van der Waals surface area contributed by atoms with Crippen LogP contribution in [-0.2, 0) is 9.53 Å². The predicted molar refractivity (Wildman–Crippen MR) is 75.6 cm³/mol. The number of nitrogens with zero attached hydrogens (tertiary/aromatic N) is 2. The fourth-order valence-electron chi connectivity index (χ4n) is 2.84. The van der Waals surface area contributed by atoms with Crippen LogP contribution in [0.5, 0.6) is 0 Å². The number of hydrogen-bond acceptors (Lipinski definition) is 4. The monoisotopic (exact) mass is 278 g/mol. The van der Waals surface area contributed by atoms with Crippen molar-refractivity contribution in [3.63, 3.8) is 0 Å². The molecule has 0 radical (unpaired) electrons. The molecule has 2 saturated heterocycles. The Hall–Kier alpha value is -1.40. The number of hydrogen-bond donors (Lipinski definition) is 2. The summed E-state index contributed by atoms with van der Waals surface area (Å²) < 4.78 is 7.52. The van der Waals surface area contributed by atoms with Gasteiger partial charge in [0.1, 0.15) is 0 Å². The molecule has 1 aromatic rings. The lowest BCUT2D eigenvalue weighted by Gasteiger charge is -2.21. The number of ether oxygens (including phenoxy) is 1. The maximum Gasteiger partial charge on any atom is 0.228 e. The third kappa shape index (κ3) is 3.37. The summed E-state index contributed by atoms with van der Waals surface area (Å²) in [5.41, 5.74) is 0. The zero-order valence-electron chi connectivity index (χ0n) is 11.7. The van der Waals surface area contributed by atoms with Gasteiger partial charge in [-0.2, -0.15) is 5.10 Å². The number of nitrogens with one attached hydrogen (secondary N) is 2. The normalized spacial score (nSPS) is 26.6. The van der Waals surface area contributed by atoms with E-state index in [1.54, 1.807) is 0 Å². The SMILES string of the molecule is O=C(CC1CCCCO1)Nc1ccn(C2CCNC2)n1. The number of anilines is 1. The third-order valence-electron chi connectivity index (χ3n) is 3.97. The van der Waals surface area contributed by atoms with E-state index < -0.39 is 0 Å². The number of aromatic nitrogens is 2. The molecule has 2 aliphatic heterocycles. The quantitative estimate of drug-likeness (QED) is 0.871. The Labute approximate surface area is 118 Å². The number of rotatable bonds is 4. The van der Waals surface area contributed by atoms with Crippen molar-refractivity contribution >= 4 is 11.7 Å². The fraction of sp³-hybridized carbons (Fsp3) is 0.714. The van der Waals surface area contributed by atoms with Crippen molar-refractivity contribution in [1.82, 2.24) is 15.1 Å². The summed E-state index contributed by atoms with van der Waals surface area (Å²) in [6.07, 6.45) is 6.77. The first-order valence-electron chi connectivity index (χ1n) is 7.48. The van der Waals surface area contributed by atoms with Crippen LogP contribution in [0.3, 0.4) is 0 Å². The number of carbonyl (C=O) groups excluding carboxylic acids is 1. The van der Waals surface area contributed by atoms with Gasteiger partial charge in [-0.15, -0.1) is 0 Å². The van der Waals surface area contributed by atoms with E-state index in [-0.39, 0.29) is 12.0 Å². The van der Waals surface area contributed by atoms with Gasteiger partial charge in [0, 0.05) is 25.4 Å². The second-order valence-electron chi connectivity index (χ2n) is 5.57. The summed E-state index contributed by atoms with van der Waals surface area (Å²) in [4.78, 5) is 12.0. The Balaban J connectivity index is 1.50. The topological polar surface area (TPSA) is 68.2 Å². The van der Waals surface area contributed by atoms with Crippen molar-refractivity contribution in [2.45, 2.75) is 44.2 Å². The van der Waals surface area contributed by atoms with Crippen LogP contribution < -0.4 is 10.6 Å². The molecule has 0 bridgehead atoms. The van der Waals surface area contributed by atoms with Crippen LogP contribution in [0.1, 0.15) is 38.1 Å². The minimum absolute atomic E-state index is 0.00769. The molecule has 0 saturated carbocycles. The van der Waals surface area contributed by atoms with Crippen molar-refractivity contribution in [1.29, 1.82) is 0 Å². The zero-order valence-corrected chi connectivity index (χ0v) is 11.7. The van der Waals surface area contributed by atoms with Gasteiger partial charge < -0.3 is 15.4 Å². The van der Waals surface area contributed by atoms with Gasteiger partial charge in [-0.3, -0.25) is 9.48 Å². The van der Waals surface area contributed by atoms with Gasteiger partial charge in [0.25, 0.3) is 0 Å². The maximum absolute atomic E-state index is 12.0. The summed E-state index contributed by atoms with van der Waals surface area (Å²) in [7, 11) is 0. The van der Waals surface area contributed by atoms with Crippen molar-refractivity contribution < 1.29 is 9.53 Å². The first kappa shape index (κ1) is 13.6. The van der Waals surface area contributed by atoms with Gasteiger partial charge in [-0.05, 0) is 32.2 Å². The van der Waals surface area contributed by atoms with E-state index in [1.807, 2.05) is 16.9 Å². The van der Waals surface area contributed by atoms with Crippen LogP contribution in [0.15, 0.2) is 12.3 Å². The second-order valence-corrected chi connectivity index (χ2v) is 5.57. The molecule has 6 nitrogen and oxygen atoms in total. The molecule has 2 N–H and O–H groups in total. The van der Waals surface area contributed by atoms with Crippen molar-refractivity contribution in [2.75, 3.05) is 25.0 Å². The van der Waals surface area contributed by atoms with E-state index >= 15 is 0 Å². The first-order chi connectivity index (χ1) is 9.81. The van der Waals surface area contributed by atoms with Crippen LogP contribution in [0.25, 0.3) is 0 Å². The third-order valence-corrected chi connectivity index (χ3v) is 3.97. The highest BCUT2D eigenvalue weighted by atomic mass is 16.5. The van der Waals surface area contributed by atoms with Crippen molar-refractivity contribution in [3.8, 4) is 0 Å². The van der Waals surface area contributed by atoms with E-state index in [4.69, 9.17) is 4.74 Å². The molecular formula is C14H22N4O2. The summed E-state index contributed by atoms with van der Waals surface area (Å²) >= 11 is 0. The molecule has 2 unspecified atom stereocenters. The maximum atomic E-state index is 12.0. The molecule has 2 atom stereocenters. The predicted octanol–water partition coefficient (Wildman–Crippen LogP) is 1.32. The molecule has 0 aliphatic carbocycles. The van der Waals surface area contributed by atoms with Gasteiger partial charge >= 0.3 is 0 Å². The molecular weight excluding hydrogens is 256 g/mol. The molecule has 3 heterocycles. The molecule has 110 valence electrons. The van der Waals surface area contributed by atoms with Crippen LogP contribution in [-0.4, -0.2) is 41.5 Å². The second kappa shape index (κ2) is 6.37. The van der Waals surface area contributed by atoms with Crippen LogP contribution >= 0.6 is 0 Å². The molecule has 6 heteroatoms. The van der Waals surface area contributed by atoms with Gasteiger partial charge in [-0.1, -0.05) is 0 Å². The Morgan fingerprint density at radius 1 is 1.50 bits per heavy atom. The molecule has 2 aliphatic rings. The Kier molecular flexibility index (Phi) is 4.32. The van der Waals surface area contributed by atoms with Crippen LogP contribution in [0.4, 0.5) is 5.82 Å². The van der Waals surface area contributed by atoms with Gasteiger partial charge in [0.2, 0.25) is 5.91 Å². The lowest BCUT2D eigenvalue weighted by molar-refractivity contribution is -0.119. The summed E-state index contributed by atoms with van der Waals surface area (Å²) in [5.74, 6) is 0.629. The van der Waals surface area contributed by atoms with E-state index in [0.717, 1.165) is 45.4 Å². The number of amides is 1. The molecule has 2 fully saturated rings. The Bertz CT molecular complexity index is 448. The first-order valence-corrected chi connectivity index (χ1v) is 7.48. The molecule has 1 aromatic heterocycles. The van der Waals surface area contributed by atoms with Gasteiger partial charge in [0.05, 0.1) is 18.6 Å². The number of carbonyl (C=O) groups is 1.